The Morgan fingerprint density at radius 3 is 2.41 bits per heavy atom. The highest BCUT2D eigenvalue weighted by atomic mass is 16.6. The van der Waals surface area contributed by atoms with Crippen LogP contribution in [0, 0.1) is 0 Å². The summed E-state index contributed by atoms with van der Waals surface area (Å²) in [7, 11) is 0. The summed E-state index contributed by atoms with van der Waals surface area (Å²) >= 11 is 0. The van der Waals surface area contributed by atoms with E-state index in [2.05, 4.69) is 10.6 Å². The summed E-state index contributed by atoms with van der Waals surface area (Å²) in [6, 6.07) is 7.60. The Hall–Kier alpha value is -1.79. The van der Waals surface area contributed by atoms with Gasteiger partial charge >= 0.3 is 6.09 Å². The van der Waals surface area contributed by atoms with Crippen LogP contribution in [0.1, 0.15) is 66.6 Å². The summed E-state index contributed by atoms with van der Waals surface area (Å²) in [5.74, 6) is 0.754. The van der Waals surface area contributed by atoms with Gasteiger partial charge in [-0.2, -0.15) is 0 Å². The Labute approximate surface area is 163 Å². The first-order chi connectivity index (χ1) is 12.5. The van der Waals surface area contributed by atoms with E-state index in [4.69, 9.17) is 9.47 Å². The van der Waals surface area contributed by atoms with Crippen LogP contribution in [0.5, 0.6) is 5.75 Å². The molecule has 0 aliphatic heterocycles. The largest absolute Gasteiger partial charge is 0.491 e. The number of benzene rings is 1. The second-order valence-electron chi connectivity index (χ2n) is 8.35. The van der Waals surface area contributed by atoms with Crippen molar-refractivity contribution in [3.63, 3.8) is 0 Å². The van der Waals surface area contributed by atoms with Gasteiger partial charge in [0.1, 0.15) is 11.4 Å². The first-order valence-electron chi connectivity index (χ1n) is 9.64. The van der Waals surface area contributed by atoms with Crippen LogP contribution in [0.15, 0.2) is 24.3 Å². The zero-order valence-corrected chi connectivity index (χ0v) is 17.7. The predicted molar refractivity (Wildman–Crippen MR) is 108 cm³/mol. The average Bonchev–Trinajstić information content (AvgIpc) is 2.50. The number of aliphatic hydroxyl groups excluding tert-OH is 1. The molecule has 6 nitrogen and oxygen atoms in total. The smallest absolute Gasteiger partial charge is 0.407 e. The van der Waals surface area contributed by atoms with Gasteiger partial charge in [0, 0.05) is 18.6 Å². The summed E-state index contributed by atoms with van der Waals surface area (Å²) < 4.78 is 10.9. The molecule has 3 atom stereocenters. The number of nitrogens with one attached hydrogen (secondary N) is 2. The van der Waals surface area contributed by atoms with Gasteiger partial charge in [-0.05, 0) is 72.6 Å². The van der Waals surface area contributed by atoms with Crippen LogP contribution in [0.3, 0.4) is 0 Å². The fourth-order valence-corrected chi connectivity index (χ4v) is 2.68. The van der Waals surface area contributed by atoms with E-state index in [1.54, 1.807) is 0 Å². The van der Waals surface area contributed by atoms with E-state index in [0.717, 1.165) is 17.7 Å². The number of hydrogen-bond acceptors (Lipinski definition) is 5. The molecule has 1 aromatic carbocycles. The van der Waals surface area contributed by atoms with E-state index in [1.165, 1.54) is 0 Å². The SMILES string of the molecule is CC(C)Oc1cccc([C@H](O)CN[C@H](C)C[C@H](C)NC(=O)OC(C)(C)C)c1. The van der Waals surface area contributed by atoms with Crippen LogP contribution in [0.25, 0.3) is 0 Å². The molecular formula is C21H36N2O4. The molecule has 0 spiro atoms. The third kappa shape index (κ3) is 10.2. The van der Waals surface area contributed by atoms with Crippen LogP contribution in [-0.2, 0) is 4.74 Å². The highest BCUT2D eigenvalue weighted by molar-refractivity contribution is 5.68. The van der Waals surface area contributed by atoms with Crippen molar-refractivity contribution in [3.05, 3.63) is 29.8 Å². The topological polar surface area (TPSA) is 79.8 Å². The van der Waals surface area contributed by atoms with Gasteiger partial charge in [-0.15, -0.1) is 0 Å². The van der Waals surface area contributed by atoms with E-state index in [-0.39, 0.29) is 18.2 Å². The molecule has 0 radical (unpaired) electrons. The lowest BCUT2D eigenvalue weighted by molar-refractivity contribution is 0.0503. The number of ether oxygens (including phenoxy) is 2. The van der Waals surface area contributed by atoms with Gasteiger partial charge in [-0.25, -0.2) is 4.79 Å². The summed E-state index contributed by atoms with van der Waals surface area (Å²) in [4.78, 5) is 11.8. The van der Waals surface area contributed by atoms with Gasteiger partial charge in [-0.3, -0.25) is 0 Å². The first-order valence-corrected chi connectivity index (χ1v) is 9.64. The number of alkyl carbamates (subject to hydrolysis) is 1. The number of rotatable bonds is 9. The summed E-state index contributed by atoms with van der Waals surface area (Å²) in [5, 5.41) is 16.6. The van der Waals surface area contributed by atoms with Crippen molar-refractivity contribution in [1.82, 2.24) is 10.6 Å². The Bertz CT molecular complexity index is 584. The zero-order chi connectivity index (χ0) is 20.6. The summed E-state index contributed by atoms with van der Waals surface area (Å²) in [5.41, 5.74) is 0.304. The molecule has 0 aromatic heterocycles. The molecule has 0 saturated carbocycles. The Kier molecular flexibility index (Phi) is 9.06. The fraction of sp³-hybridized carbons (Fsp3) is 0.667. The van der Waals surface area contributed by atoms with E-state index in [1.807, 2.05) is 72.7 Å². The maximum Gasteiger partial charge on any atom is 0.407 e. The van der Waals surface area contributed by atoms with E-state index in [9.17, 15) is 9.90 Å². The molecule has 154 valence electrons. The minimum atomic E-state index is -0.628. The maximum absolute atomic E-state index is 11.8. The highest BCUT2D eigenvalue weighted by Gasteiger charge is 2.19. The molecule has 3 N–H and O–H groups in total. The molecule has 1 rings (SSSR count). The Morgan fingerprint density at radius 1 is 1.15 bits per heavy atom. The van der Waals surface area contributed by atoms with Crippen molar-refractivity contribution in [1.29, 1.82) is 0 Å². The van der Waals surface area contributed by atoms with Gasteiger partial charge in [0.25, 0.3) is 0 Å². The summed E-state index contributed by atoms with van der Waals surface area (Å²) in [6.45, 7) is 13.8. The van der Waals surface area contributed by atoms with E-state index in [0.29, 0.717) is 6.54 Å². The molecule has 0 bridgehead atoms. The van der Waals surface area contributed by atoms with Crippen molar-refractivity contribution >= 4 is 6.09 Å². The molecule has 0 aliphatic carbocycles. The standard InChI is InChI=1S/C21H36N2O4/c1-14(2)26-18-10-8-9-17(12-18)19(24)13-22-15(3)11-16(4)23-20(25)27-21(5,6)7/h8-10,12,14-16,19,22,24H,11,13H2,1-7H3,(H,23,25)/t15-,16+,19-/m1/s1. The van der Waals surface area contributed by atoms with Crippen molar-refractivity contribution in [2.24, 2.45) is 0 Å². The maximum atomic E-state index is 11.8. The summed E-state index contributed by atoms with van der Waals surface area (Å²) in [6.07, 6.45) is -0.223. The predicted octanol–water partition coefficient (Wildman–Crippen LogP) is 3.79. The lowest BCUT2D eigenvalue weighted by Crippen LogP contribution is -2.41. The van der Waals surface area contributed by atoms with E-state index < -0.39 is 17.8 Å². The highest BCUT2D eigenvalue weighted by Crippen LogP contribution is 2.20. The normalized spacial score (nSPS) is 15.1. The molecule has 0 aliphatic rings. The second kappa shape index (κ2) is 10.5. The quantitative estimate of drug-likeness (QED) is 0.607. The van der Waals surface area contributed by atoms with E-state index >= 15 is 0 Å². The van der Waals surface area contributed by atoms with Crippen molar-refractivity contribution in [2.75, 3.05) is 6.54 Å². The average molecular weight is 381 g/mol. The number of amides is 1. The molecule has 1 aromatic rings. The third-order valence-electron chi connectivity index (χ3n) is 3.74. The van der Waals surface area contributed by atoms with Gasteiger partial charge in [0.2, 0.25) is 0 Å². The number of hydrogen-bond donors (Lipinski definition) is 3. The number of carbonyl (C=O) groups is 1. The third-order valence-corrected chi connectivity index (χ3v) is 3.74. The van der Waals surface area contributed by atoms with Crippen molar-refractivity contribution in [3.8, 4) is 5.75 Å². The molecule has 0 heterocycles. The Morgan fingerprint density at radius 2 is 1.81 bits per heavy atom. The minimum Gasteiger partial charge on any atom is -0.491 e. The molecule has 27 heavy (non-hydrogen) atoms. The minimum absolute atomic E-state index is 0.0396. The molecule has 0 unspecified atom stereocenters. The molecule has 0 saturated heterocycles. The van der Waals surface area contributed by atoms with Crippen LogP contribution in [-0.4, -0.2) is 41.5 Å². The molecule has 0 fully saturated rings. The lowest BCUT2D eigenvalue weighted by atomic mass is 10.1. The Balaban J connectivity index is 2.42. The second-order valence-corrected chi connectivity index (χ2v) is 8.35. The van der Waals surface area contributed by atoms with Gasteiger partial charge in [0.05, 0.1) is 12.2 Å². The molecule has 1 amide bonds. The van der Waals surface area contributed by atoms with Gasteiger partial charge in [-0.1, -0.05) is 12.1 Å². The fourth-order valence-electron chi connectivity index (χ4n) is 2.68. The van der Waals surface area contributed by atoms with Gasteiger partial charge < -0.3 is 25.2 Å². The monoisotopic (exact) mass is 380 g/mol. The zero-order valence-electron chi connectivity index (χ0n) is 17.7. The molecule has 6 heteroatoms. The van der Waals surface area contributed by atoms with Crippen molar-refractivity contribution < 1.29 is 19.4 Å². The number of aliphatic hydroxyl groups is 1. The van der Waals surface area contributed by atoms with Crippen molar-refractivity contribution in [2.45, 2.75) is 84.8 Å². The number of carbonyl (C=O) groups excluding carboxylic acids is 1. The van der Waals surface area contributed by atoms with Crippen LogP contribution in [0.4, 0.5) is 4.79 Å². The van der Waals surface area contributed by atoms with Crippen LogP contribution >= 0.6 is 0 Å². The first kappa shape index (κ1) is 23.2. The molecular weight excluding hydrogens is 344 g/mol. The van der Waals surface area contributed by atoms with Crippen LogP contribution in [0.2, 0.25) is 0 Å². The lowest BCUT2D eigenvalue weighted by Gasteiger charge is -2.24. The van der Waals surface area contributed by atoms with Crippen LogP contribution < -0.4 is 15.4 Å². The van der Waals surface area contributed by atoms with Gasteiger partial charge in [0.15, 0.2) is 0 Å².